The highest BCUT2D eigenvalue weighted by Crippen LogP contribution is 2.23. The first kappa shape index (κ1) is 13.7. The minimum atomic E-state index is -3.63. The van der Waals surface area contributed by atoms with Crippen LogP contribution in [0.15, 0.2) is 23.1 Å². The number of benzene rings is 1. The molecule has 1 atom stereocenters. The second kappa shape index (κ2) is 5.13. The fourth-order valence-electron chi connectivity index (χ4n) is 1.79. The van der Waals surface area contributed by atoms with Crippen molar-refractivity contribution in [3.63, 3.8) is 0 Å². The van der Waals surface area contributed by atoms with E-state index in [9.17, 15) is 12.8 Å². The van der Waals surface area contributed by atoms with Gasteiger partial charge in [-0.3, -0.25) is 0 Å². The lowest BCUT2D eigenvalue weighted by molar-refractivity contribution is 0.0102. The summed E-state index contributed by atoms with van der Waals surface area (Å²) in [6.07, 6.45) is -0.149. The molecule has 0 aromatic heterocycles. The lowest BCUT2D eigenvalue weighted by atomic mass is 10.3. The largest absolute Gasteiger partial charge is 0.376 e. The number of sulfonamides is 1. The zero-order valence-corrected chi connectivity index (χ0v) is 11.3. The molecule has 100 valence electrons. The van der Waals surface area contributed by atoms with E-state index < -0.39 is 15.8 Å². The summed E-state index contributed by atoms with van der Waals surface area (Å²) < 4.78 is 44.2. The van der Waals surface area contributed by atoms with Crippen molar-refractivity contribution in [2.45, 2.75) is 17.9 Å². The molecule has 1 saturated heterocycles. The molecule has 0 aliphatic carbocycles. The maximum Gasteiger partial charge on any atom is 0.243 e. The van der Waals surface area contributed by atoms with E-state index in [1.54, 1.807) is 6.92 Å². The molecule has 2 rings (SSSR count). The van der Waals surface area contributed by atoms with E-state index in [1.165, 1.54) is 10.4 Å². The quantitative estimate of drug-likeness (QED) is 0.836. The van der Waals surface area contributed by atoms with Crippen molar-refractivity contribution in [2.24, 2.45) is 0 Å². The molecule has 1 aromatic rings. The summed E-state index contributed by atoms with van der Waals surface area (Å²) in [5.74, 6) is -0.633. The molecule has 0 spiro atoms. The Bertz CT molecular complexity index is 549. The average Bonchev–Trinajstić information content (AvgIpc) is 2.32. The van der Waals surface area contributed by atoms with Gasteiger partial charge in [0.15, 0.2) is 0 Å². The molecular weight excluding hydrogens is 281 g/mol. The summed E-state index contributed by atoms with van der Waals surface area (Å²) in [4.78, 5) is 0.00278. The van der Waals surface area contributed by atoms with Gasteiger partial charge in [0.2, 0.25) is 10.0 Å². The first-order chi connectivity index (χ1) is 8.41. The molecule has 1 fully saturated rings. The normalized spacial score (nSPS) is 22.1. The van der Waals surface area contributed by atoms with Crippen molar-refractivity contribution in [1.82, 2.24) is 4.31 Å². The Hall–Kier alpha value is -0.690. The fourth-order valence-corrected chi connectivity index (χ4v) is 3.56. The van der Waals surface area contributed by atoms with Gasteiger partial charge in [-0.2, -0.15) is 4.31 Å². The topological polar surface area (TPSA) is 46.6 Å². The van der Waals surface area contributed by atoms with Gasteiger partial charge in [0.1, 0.15) is 5.82 Å². The summed E-state index contributed by atoms with van der Waals surface area (Å²) in [6, 6.07) is 3.40. The van der Waals surface area contributed by atoms with Crippen LogP contribution in [0.1, 0.15) is 6.92 Å². The maximum absolute atomic E-state index is 13.0. The second-order valence-corrected chi connectivity index (χ2v) is 6.47. The molecule has 1 unspecified atom stereocenters. The Labute approximate surface area is 110 Å². The van der Waals surface area contributed by atoms with Crippen molar-refractivity contribution in [3.8, 4) is 0 Å². The summed E-state index contributed by atoms with van der Waals surface area (Å²) in [6.45, 7) is 2.74. The SMILES string of the molecule is CC1CN(S(=O)(=O)c2ccc(F)c(Cl)c2)CCO1. The van der Waals surface area contributed by atoms with Gasteiger partial charge in [-0.1, -0.05) is 11.6 Å². The molecule has 0 saturated carbocycles. The fraction of sp³-hybridized carbons (Fsp3) is 0.455. The third-order valence-electron chi connectivity index (χ3n) is 2.73. The average molecular weight is 294 g/mol. The Morgan fingerprint density at radius 2 is 2.22 bits per heavy atom. The van der Waals surface area contributed by atoms with Crippen LogP contribution in [-0.4, -0.2) is 38.5 Å². The van der Waals surface area contributed by atoms with Crippen molar-refractivity contribution < 1.29 is 17.5 Å². The maximum atomic E-state index is 13.0. The van der Waals surface area contributed by atoms with Gasteiger partial charge in [-0.25, -0.2) is 12.8 Å². The molecule has 0 amide bonds. The van der Waals surface area contributed by atoms with E-state index in [2.05, 4.69) is 0 Å². The molecule has 0 radical (unpaired) electrons. The molecule has 0 N–H and O–H groups in total. The third-order valence-corrected chi connectivity index (χ3v) is 4.88. The summed E-state index contributed by atoms with van der Waals surface area (Å²) in [5.41, 5.74) is 0. The van der Waals surface area contributed by atoms with Gasteiger partial charge in [-0.15, -0.1) is 0 Å². The van der Waals surface area contributed by atoms with Crippen LogP contribution in [0.5, 0.6) is 0 Å². The number of halogens is 2. The first-order valence-electron chi connectivity index (χ1n) is 5.48. The zero-order valence-electron chi connectivity index (χ0n) is 9.77. The molecule has 7 heteroatoms. The molecule has 4 nitrogen and oxygen atoms in total. The van der Waals surface area contributed by atoms with Gasteiger partial charge in [-0.05, 0) is 25.1 Å². The lowest BCUT2D eigenvalue weighted by Crippen LogP contribution is -2.44. The number of hydrogen-bond acceptors (Lipinski definition) is 3. The minimum Gasteiger partial charge on any atom is -0.376 e. The van der Waals surface area contributed by atoms with Gasteiger partial charge in [0.25, 0.3) is 0 Å². The first-order valence-corrected chi connectivity index (χ1v) is 7.30. The van der Waals surface area contributed by atoms with Crippen LogP contribution >= 0.6 is 11.6 Å². The Balaban J connectivity index is 2.32. The van der Waals surface area contributed by atoms with E-state index in [0.29, 0.717) is 13.2 Å². The van der Waals surface area contributed by atoms with E-state index in [4.69, 9.17) is 16.3 Å². The molecule has 1 heterocycles. The van der Waals surface area contributed by atoms with Crippen molar-refractivity contribution >= 4 is 21.6 Å². The predicted octanol–water partition coefficient (Wildman–Crippen LogP) is 1.89. The number of rotatable bonds is 2. The Morgan fingerprint density at radius 3 is 2.83 bits per heavy atom. The monoisotopic (exact) mass is 293 g/mol. The predicted molar refractivity (Wildman–Crippen MR) is 65.6 cm³/mol. The van der Waals surface area contributed by atoms with E-state index >= 15 is 0 Å². The summed E-state index contributed by atoms with van der Waals surface area (Å²) in [5, 5.41) is -0.197. The van der Waals surface area contributed by atoms with Crippen molar-refractivity contribution in [1.29, 1.82) is 0 Å². The van der Waals surface area contributed by atoms with Crippen LogP contribution in [0.4, 0.5) is 4.39 Å². The highest BCUT2D eigenvalue weighted by Gasteiger charge is 2.29. The van der Waals surface area contributed by atoms with Crippen LogP contribution < -0.4 is 0 Å². The van der Waals surface area contributed by atoms with E-state index in [1.807, 2.05) is 0 Å². The van der Waals surface area contributed by atoms with Crippen LogP contribution in [0.25, 0.3) is 0 Å². The molecular formula is C11H13ClFNO3S. The zero-order chi connectivity index (χ0) is 13.3. The van der Waals surface area contributed by atoms with Crippen LogP contribution in [-0.2, 0) is 14.8 Å². The van der Waals surface area contributed by atoms with Gasteiger partial charge in [0.05, 0.1) is 22.6 Å². The molecule has 1 aliphatic heterocycles. The van der Waals surface area contributed by atoms with Gasteiger partial charge in [0, 0.05) is 13.1 Å². The highest BCUT2D eigenvalue weighted by molar-refractivity contribution is 7.89. The Morgan fingerprint density at radius 1 is 1.50 bits per heavy atom. The number of morpholine rings is 1. The molecule has 0 bridgehead atoms. The lowest BCUT2D eigenvalue weighted by Gasteiger charge is -2.30. The smallest absolute Gasteiger partial charge is 0.243 e. The summed E-state index contributed by atoms with van der Waals surface area (Å²) >= 11 is 5.60. The molecule has 1 aliphatic rings. The van der Waals surface area contributed by atoms with E-state index in [0.717, 1.165) is 12.1 Å². The summed E-state index contributed by atoms with van der Waals surface area (Å²) in [7, 11) is -3.63. The number of hydrogen-bond donors (Lipinski definition) is 0. The minimum absolute atomic E-state index is 0.00278. The Kier molecular flexibility index (Phi) is 3.91. The highest BCUT2D eigenvalue weighted by atomic mass is 35.5. The number of ether oxygens (including phenoxy) is 1. The van der Waals surface area contributed by atoms with Crippen LogP contribution in [0, 0.1) is 5.82 Å². The molecule has 18 heavy (non-hydrogen) atoms. The third kappa shape index (κ3) is 2.66. The molecule has 1 aromatic carbocycles. The van der Waals surface area contributed by atoms with Crippen molar-refractivity contribution in [2.75, 3.05) is 19.7 Å². The standard InChI is InChI=1S/C11H13ClFNO3S/c1-8-7-14(4-5-17-8)18(15,16)9-2-3-11(13)10(12)6-9/h2-3,6,8H,4-5,7H2,1H3. The second-order valence-electron chi connectivity index (χ2n) is 4.12. The van der Waals surface area contributed by atoms with Gasteiger partial charge < -0.3 is 4.74 Å². The van der Waals surface area contributed by atoms with E-state index in [-0.39, 0.29) is 22.6 Å². The van der Waals surface area contributed by atoms with Gasteiger partial charge >= 0.3 is 0 Å². The number of nitrogens with zero attached hydrogens (tertiary/aromatic N) is 1. The van der Waals surface area contributed by atoms with Crippen LogP contribution in [0.2, 0.25) is 5.02 Å². The van der Waals surface area contributed by atoms with Crippen LogP contribution in [0.3, 0.4) is 0 Å². The van der Waals surface area contributed by atoms with Crippen molar-refractivity contribution in [3.05, 3.63) is 29.0 Å².